The predicted molar refractivity (Wildman–Crippen MR) is 114 cm³/mol. The summed E-state index contributed by atoms with van der Waals surface area (Å²) < 4.78 is 0. The van der Waals surface area contributed by atoms with Crippen molar-refractivity contribution >= 4 is 11.5 Å². The molecular formula is C25H21IrN3-2. The molecule has 1 radical (unpaired) electrons. The first-order valence-electron chi connectivity index (χ1n) is 9.34. The molecule has 0 amide bonds. The standard InChI is InChI=1S/C25H21N3.Ir/c1-19(22-15-9-17-24(26-22)20-11-5-3-6-12-20)23-16-10-18-25(27-23)28(2)21-13-7-4-8-14-21;/h3-11,13,15-19H,1-2H3;/q-2;. The Hall–Kier alpha value is -2.81. The summed E-state index contributed by atoms with van der Waals surface area (Å²) >= 11 is 0. The number of hydrogen-bond acceptors (Lipinski definition) is 3. The van der Waals surface area contributed by atoms with E-state index in [4.69, 9.17) is 9.97 Å². The summed E-state index contributed by atoms with van der Waals surface area (Å²) in [6, 6.07) is 34.5. The monoisotopic (exact) mass is 556 g/mol. The van der Waals surface area contributed by atoms with E-state index in [0.717, 1.165) is 34.2 Å². The largest absolute Gasteiger partial charge is 0.353 e. The van der Waals surface area contributed by atoms with Crippen molar-refractivity contribution in [3.8, 4) is 11.3 Å². The zero-order valence-electron chi connectivity index (χ0n) is 16.3. The van der Waals surface area contributed by atoms with Crippen molar-refractivity contribution in [3.05, 3.63) is 108 Å². The molecular weight excluding hydrogens is 535 g/mol. The van der Waals surface area contributed by atoms with E-state index in [0.29, 0.717) is 0 Å². The molecule has 147 valence electrons. The van der Waals surface area contributed by atoms with Crippen LogP contribution in [0.5, 0.6) is 0 Å². The molecule has 0 aliphatic heterocycles. The van der Waals surface area contributed by atoms with Gasteiger partial charge in [0.1, 0.15) is 5.82 Å². The number of para-hydroxylation sites is 1. The van der Waals surface area contributed by atoms with E-state index in [2.05, 4.69) is 31.2 Å². The van der Waals surface area contributed by atoms with Crippen molar-refractivity contribution < 1.29 is 20.1 Å². The first-order valence-corrected chi connectivity index (χ1v) is 9.34. The molecule has 2 heterocycles. The van der Waals surface area contributed by atoms with Crippen LogP contribution in [0.3, 0.4) is 0 Å². The first-order chi connectivity index (χ1) is 13.7. The number of pyridine rings is 2. The maximum absolute atomic E-state index is 4.89. The molecule has 0 fully saturated rings. The summed E-state index contributed by atoms with van der Waals surface area (Å²) in [6.07, 6.45) is 0. The van der Waals surface area contributed by atoms with Gasteiger partial charge in [0.15, 0.2) is 0 Å². The fourth-order valence-corrected chi connectivity index (χ4v) is 3.13. The quantitative estimate of drug-likeness (QED) is 0.298. The maximum atomic E-state index is 4.89. The second-order valence-electron chi connectivity index (χ2n) is 6.67. The van der Waals surface area contributed by atoms with E-state index < -0.39 is 0 Å². The smallest absolute Gasteiger partial charge is 0.131 e. The van der Waals surface area contributed by atoms with Crippen molar-refractivity contribution in [1.29, 1.82) is 0 Å². The molecule has 0 saturated carbocycles. The summed E-state index contributed by atoms with van der Waals surface area (Å²) in [4.78, 5) is 11.8. The Morgan fingerprint density at radius 2 is 1.45 bits per heavy atom. The molecule has 0 N–H and O–H groups in total. The van der Waals surface area contributed by atoms with Crippen LogP contribution in [0.25, 0.3) is 11.3 Å². The zero-order chi connectivity index (χ0) is 19.3. The Balaban J connectivity index is 0.00000240. The Kier molecular flexibility index (Phi) is 6.92. The average molecular weight is 556 g/mol. The molecule has 0 bridgehead atoms. The SMILES string of the molecule is CC(c1cccc(-c2[c-]cccc2)n1)c1cccc(N(C)c2[c-]cccc2)n1.[Ir]. The second kappa shape index (κ2) is 9.60. The number of benzene rings is 2. The van der Waals surface area contributed by atoms with Crippen LogP contribution in [0.15, 0.2) is 84.9 Å². The van der Waals surface area contributed by atoms with E-state index in [1.54, 1.807) is 0 Å². The van der Waals surface area contributed by atoms with Crippen molar-refractivity contribution in [2.75, 3.05) is 11.9 Å². The first kappa shape index (κ1) is 20.9. The number of aromatic nitrogens is 2. The van der Waals surface area contributed by atoms with Crippen molar-refractivity contribution in [2.24, 2.45) is 0 Å². The van der Waals surface area contributed by atoms with Crippen LogP contribution in [0.2, 0.25) is 0 Å². The van der Waals surface area contributed by atoms with Gasteiger partial charge in [-0.3, -0.25) is 0 Å². The molecule has 2 aromatic carbocycles. The van der Waals surface area contributed by atoms with E-state index in [-0.39, 0.29) is 26.0 Å². The Morgan fingerprint density at radius 3 is 2.14 bits per heavy atom. The molecule has 4 aromatic rings. The third-order valence-corrected chi connectivity index (χ3v) is 4.80. The number of anilines is 2. The molecule has 0 saturated heterocycles. The minimum absolute atomic E-state index is 0. The summed E-state index contributed by atoms with van der Waals surface area (Å²) in [7, 11) is 2.01. The van der Waals surface area contributed by atoms with Gasteiger partial charge in [-0.05, 0) is 23.9 Å². The second-order valence-corrected chi connectivity index (χ2v) is 6.67. The predicted octanol–water partition coefficient (Wildman–Crippen LogP) is 5.66. The van der Waals surface area contributed by atoms with Crippen LogP contribution in [0, 0.1) is 12.1 Å². The van der Waals surface area contributed by atoms with Gasteiger partial charge >= 0.3 is 0 Å². The molecule has 4 rings (SSSR count). The Bertz CT molecular complexity index is 1050. The molecule has 1 unspecified atom stereocenters. The average Bonchev–Trinajstić information content (AvgIpc) is 2.79. The molecule has 0 spiro atoms. The van der Waals surface area contributed by atoms with E-state index >= 15 is 0 Å². The van der Waals surface area contributed by atoms with Crippen LogP contribution in [0.1, 0.15) is 24.2 Å². The van der Waals surface area contributed by atoms with Crippen LogP contribution in [0.4, 0.5) is 11.5 Å². The van der Waals surface area contributed by atoms with Gasteiger partial charge in [-0.1, -0.05) is 30.8 Å². The summed E-state index contributed by atoms with van der Waals surface area (Å²) in [5.74, 6) is 0.969. The van der Waals surface area contributed by atoms with Crippen molar-refractivity contribution in [3.63, 3.8) is 0 Å². The minimum Gasteiger partial charge on any atom is -0.353 e. The van der Waals surface area contributed by atoms with Crippen LogP contribution < -0.4 is 4.90 Å². The zero-order valence-corrected chi connectivity index (χ0v) is 18.7. The number of nitrogens with zero attached hydrogens (tertiary/aromatic N) is 3. The summed E-state index contributed by atoms with van der Waals surface area (Å²) in [5.41, 5.74) is 4.89. The van der Waals surface area contributed by atoms with Crippen molar-refractivity contribution in [1.82, 2.24) is 9.97 Å². The van der Waals surface area contributed by atoms with E-state index in [9.17, 15) is 0 Å². The van der Waals surface area contributed by atoms with Crippen molar-refractivity contribution in [2.45, 2.75) is 12.8 Å². The van der Waals surface area contributed by atoms with Gasteiger partial charge in [-0.25, -0.2) is 4.98 Å². The fraction of sp³-hybridized carbons (Fsp3) is 0.120. The molecule has 3 nitrogen and oxygen atoms in total. The minimum atomic E-state index is 0. The molecule has 0 aliphatic carbocycles. The van der Waals surface area contributed by atoms with E-state index in [1.165, 1.54) is 0 Å². The summed E-state index contributed by atoms with van der Waals surface area (Å²) in [6.45, 7) is 2.14. The Morgan fingerprint density at radius 1 is 0.759 bits per heavy atom. The van der Waals surface area contributed by atoms with Gasteiger partial charge in [-0.15, -0.1) is 42.0 Å². The fourth-order valence-electron chi connectivity index (χ4n) is 3.13. The molecule has 2 aromatic heterocycles. The third kappa shape index (κ3) is 4.79. The number of rotatable bonds is 5. The molecule has 1 atom stereocenters. The third-order valence-electron chi connectivity index (χ3n) is 4.80. The normalized spacial score (nSPS) is 11.4. The summed E-state index contributed by atoms with van der Waals surface area (Å²) in [5, 5.41) is 0. The topological polar surface area (TPSA) is 29.0 Å². The van der Waals surface area contributed by atoms with Gasteiger partial charge in [0.2, 0.25) is 0 Å². The maximum Gasteiger partial charge on any atom is 0.131 e. The molecule has 4 heteroatoms. The van der Waals surface area contributed by atoms with E-state index in [1.807, 2.05) is 84.7 Å². The van der Waals surface area contributed by atoms with Crippen LogP contribution in [-0.2, 0) is 20.1 Å². The molecule has 29 heavy (non-hydrogen) atoms. The van der Waals surface area contributed by atoms with Gasteiger partial charge in [0, 0.05) is 38.8 Å². The van der Waals surface area contributed by atoms with Crippen LogP contribution in [-0.4, -0.2) is 17.0 Å². The van der Waals surface area contributed by atoms with Crippen LogP contribution >= 0.6 is 0 Å². The Labute approximate surface area is 185 Å². The number of hydrogen-bond donors (Lipinski definition) is 0. The van der Waals surface area contributed by atoms with Gasteiger partial charge < -0.3 is 9.88 Å². The van der Waals surface area contributed by atoms with Gasteiger partial charge in [-0.2, -0.15) is 24.3 Å². The van der Waals surface area contributed by atoms with Gasteiger partial charge in [0.05, 0.1) is 5.69 Å². The molecule has 0 aliphatic rings. The van der Waals surface area contributed by atoms with Gasteiger partial charge in [0.25, 0.3) is 0 Å².